The van der Waals surface area contributed by atoms with Crippen LogP contribution in [0.1, 0.15) is 22.3 Å². The van der Waals surface area contributed by atoms with Crippen LogP contribution in [-0.4, -0.2) is 9.97 Å². The number of rotatable bonds is 5. The SMILES string of the molecule is c1ccc(-c2nc(-c3cc(-c4ccc5oc6ccccc6c5c4)cc(-c4cccc5ccccc45)c3)cc(-c3cccc4c3C3(c5ccccc5-c5ccccc53)c3ccccc3-4)n2)cc1. The Morgan fingerprint density at radius 3 is 1.64 bits per heavy atom. The maximum Gasteiger partial charge on any atom is 0.160 e. The van der Waals surface area contributed by atoms with Gasteiger partial charge in [-0.25, -0.2) is 9.97 Å². The van der Waals surface area contributed by atoms with E-state index in [2.05, 4.69) is 212 Å². The van der Waals surface area contributed by atoms with Gasteiger partial charge in [0.15, 0.2) is 5.82 Å². The smallest absolute Gasteiger partial charge is 0.160 e. The molecule has 2 heterocycles. The van der Waals surface area contributed by atoms with E-state index in [1.165, 1.54) is 60.8 Å². The molecular weight excluding hydrogens is 801 g/mol. The molecule has 66 heavy (non-hydrogen) atoms. The van der Waals surface area contributed by atoms with Crippen molar-refractivity contribution in [2.24, 2.45) is 0 Å². The highest BCUT2D eigenvalue weighted by Gasteiger charge is 2.52. The van der Waals surface area contributed by atoms with Crippen molar-refractivity contribution in [2.75, 3.05) is 0 Å². The Morgan fingerprint density at radius 1 is 0.303 bits per heavy atom. The van der Waals surface area contributed by atoms with Crippen LogP contribution in [0.2, 0.25) is 0 Å². The number of aromatic nitrogens is 2. The molecule has 0 radical (unpaired) electrons. The Balaban J connectivity index is 1.05. The third-order valence-corrected chi connectivity index (χ3v) is 14.1. The lowest BCUT2D eigenvalue weighted by Gasteiger charge is -2.32. The third-order valence-electron chi connectivity index (χ3n) is 14.1. The Labute approximate surface area is 382 Å². The van der Waals surface area contributed by atoms with E-state index in [-0.39, 0.29) is 0 Å². The first-order valence-corrected chi connectivity index (χ1v) is 22.6. The van der Waals surface area contributed by atoms with E-state index < -0.39 is 5.41 Å². The fraction of sp³-hybridized carbons (Fsp3) is 0.0159. The molecule has 0 aliphatic heterocycles. The molecule has 2 aromatic heterocycles. The topological polar surface area (TPSA) is 38.9 Å². The van der Waals surface area contributed by atoms with E-state index in [4.69, 9.17) is 14.4 Å². The number of furan rings is 1. The Morgan fingerprint density at radius 2 is 0.848 bits per heavy atom. The van der Waals surface area contributed by atoms with Crippen LogP contribution in [-0.2, 0) is 5.41 Å². The highest BCUT2D eigenvalue weighted by molar-refractivity contribution is 6.07. The molecule has 0 saturated carbocycles. The predicted molar refractivity (Wildman–Crippen MR) is 270 cm³/mol. The number of benzene rings is 10. The molecule has 0 atom stereocenters. The van der Waals surface area contributed by atoms with E-state index in [0.29, 0.717) is 5.82 Å². The summed E-state index contributed by atoms with van der Waals surface area (Å²) in [5.41, 5.74) is 20.7. The zero-order valence-electron chi connectivity index (χ0n) is 35.7. The highest BCUT2D eigenvalue weighted by Crippen LogP contribution is 2.64. The quantitative estimate of drug-likeness (QED) is 0.173. The van der Waals surface area contributed by atoms with Crippen LogP contribution in [0, 0.1) is 0 Å². The first kappa shape index (κ1) is 36.8. The summed E-state index contributed by atoms with van der Waals surface area (Å²) >= 11 is 0. The van der Waals surface area contributed by atoms with Gasteiger partial charge in [0.05, 0.1) is 16.8 Å². The zero-order valence-corrected chi connectivity index (χ0v) is 35.7. The van der Waals surface area contributed by atoms with Crippen molar-refractivity contribution in [1.29, 1.82) is 0 Å². The van der Waals surface area contributed by atoms with Gasteiger partial charge in [-0.15, -0.1) is 0 Å². The van der Waals surface area contributed by atoms with E-state index in [9.17, 15) is 0 Å². The number of nitrogens with zero attached hydrogens (tertiary/aromatic N) is 2. The second-order valence-corrected chi connectivity index (χ2v) is 17.6. The largest absolute Gasteiger partial charge is 0.456 e. The molecule has 3 heteroatoms. The Hall–Kier alpha value is -8.66. The van der Waals surface area contributed by atoms with Crippen LogP contribution in [0.15, 0.2) is 235 Å². The standard InChI is InChI=1S/C63H38N2O/c1-2-17-40(18-3-1)62-64-57(38-58(65-62)52-27-15-26-51-49-23-8-12-30-56(49)63(61(51)52)54-28-10-6-21-47(54)48-22-7-11-29-55(48)63)44-35-42(34-43(36-44)46-25-14-19-39-16-4-5-20-45(39)46)41-32-33-60-53(37-41)50-24-9-13-31-59(50)66-60/h1-38H. The number of para-hydroxylation sites is 1. The van der Waals surface area contributed by atoms with Gasteiger partial charge in [-0.1, -0.05) is 188 Å². The van der Waals surface area contributed by atoms with Crippen LogP contribution in [0.25, 0.3) is 111 Å². The van der Waals surface area contributed by atoms with Crippen molar-refractivity contribution in [2.45, 2.75) is 5.41 Å². The van der Waals surface area contributed by atoms with E-state index >= 15 is 0 Å². The summed E-state index contributed by atoms with van der Waals surface area (Å²) in [4.78, 5) is 11.0. The molecule has 2 aliphatic carbocycles. The lowest BCUT2D eigenvalue weighted by atomic mass is 9.69. The Bertz CT molecular complexity index is 3890. The second-order valence-electron chi connectivity index (χ2n) is 17.6. The normalized spacial score (nSPS) is 13.0. The molecule has 2 aliphatic rings. The summed E-state index contributed by atoms with van der Waals surface area (Å²) in [5.74, 6) is 0.681. The van der Waals surface area contributed by atoms with Gasteiger partial charge < -0.3 is 4.42 Å². The highest BCUT2D eigenvalue weighted by atomic mass is 16.3. The number of hydrogen-bond donors (Lipinski definition) is 0. The fourth-order valence-corrected chi connectivity index (χ4v) is 11.3. The molecular formula is C63H38N2O. The van der Waals surface area contributed by atoms with Gasteiger partial charge in [0.1, 0.15) is 11.2 Å². The monoisotopic (exact) mass is 838 g/mol. The summed E-state index contributed by atoms with van der Waals surface area (Å²) in [6.07, 6.45) is 0. The third kappa shape index (κ3) is 5.32. The van der Waals surface area contributed by atoms with Crippen molar-refractivity contribution >= 4 is 32.7 Å². The van der Waals surface area contributed by atoms with Gasteiger partial charge in [-0.05, 0) is 120 Å². The van der Waals surface area contributed by atoms with Gasteiger partial charge in [-0.3, -0.25) is 0 Å². The number of fused-ring (bicyclic) bond motifs is 14. The van der Waals surface area contributed by atoms with Crippen molar-refractivity contribution in [3.63, 3.8) is 0 Å². The van der Waals surface area contributed by atoms with Crippen molar-refractivity contribution in [3.05, 3.63) is 253 Å². The molecule has 0 saturated heterocycles. The van der Waals surface area contributed by atoms with Gasteiger partial charge in [0.2, 0.25) is 0 Å². The zero-order chi connectivity index (χ0) is 43.3. The van der Waals surface area contributed by atoms with Crippen LogP contribution < -0.4 is 0 Å². The van der Waals surface area contributed by atoms with Gasteiger partial charge in [-0.2, -0.15) is 0 Å². The minimum atomic E-state index is -0.537. The van der Waals surface area contributed by atoms with Gasteiger partial charge >= 0.3 is 0 Å². The fourth-order valence-electron chi connectivity index (χ4n) is 11.3. The first-order valence-electron chi connectivity index (χ1n) is 22.6. The molecule has 0 N–H and O–H groups in total. The van der Waals surface area contributed by atoms with Gasteiger partial charge in [0.25, 0.3) is 0 Å². The summed E-state index contributed by atoms with van der Waals surface area (Å²) < 4.78 is 6.30. The van der Waals surface area contributed by atoms with Crippen LogP contribution in [0.4, 0.5) is 0 Å². The van der Waals surface area contributed by atoms with Crippen molar-refractivity contribution < 1.29 is 4.42 Å². The molecule has 0 amide bonds. The summed E-state index contributed by atoms with van der Waals surface area (Å²) in [5, 5.41) is 4.61. The van der Waals surface area contributed by atoms with Crippen LogP contribution in [0.5, 0.6) is 0 Å². The molecule has 0 unspecified atom stereocenters. The molecule has 12 aromatic rings. The van der Waals surface area contributed by atoms with E-state index in [0.717, 1.165) is 66.7 Å². The average Bonchev–Trinajstić information content (AvgIpc) is 4.02. The molecule has 10 aromatic carbocycles. The maximum absolute atomic E-state index is 6.30. The average molecular weight is 839 g/mol. The lowest BCUT2D eigenvalue weighted by molar-refractivity contribution is 0.669. The molecule has 3 nitrogen and oxygen atoms in total. The molecule has 306 valence electrons. The predicted octanol–water partition coefficient (Wildman–Crippen LogP) is 16.2. The number of hydrogen-bond acceptors (Lipinski definition) is 3. The van der Waals surface area contributed by atoms with E-state index in [1.807, 2.05) is 18.2 Å². The second kappa shape index (κ2) is 14.2. The Kier molecular flexibility index (Phi) is 7.90. The van der Waals surface area contributed by atoms with Crippen LogP contribution in [0.3, 0.4) is 0 Å². The van der Waals surface area contributed by atoms with Gasteiger partial charge in [0, 0.05) is 27.5 Å². The first-order chi connectivity index (χ1) is 32.7. The van der Waals surface area contributed by atoms with Crippen LogP contribution >= 0.6 is 0 Å². The summed E-state index contributed by atoms with van der Waals surface area (Å²) in [6, 6.07) is 83.4. The van der Waals surface area contributed by atoms with Crippen molar-refractivity contribution in [3.8, 4) is 78.4 Å². The lowest BCUT2D eigenvalue weighted by Crippen LogP contribution is -2.26. The maximum atomic E-state index is 6.30. The molecule has 0 fully saturated rings. The summed E-state index contributed by atoms with van der Waals surface area (Å²) in [6.45, 7) is 0. The molecule has 0 bridgehead atoms. The minimum Gasteiger partial charge on any atom is -0.456 e. The van der Waals surface area contributed by atoms with Crippen molar-refractivity contribution in [1.82, 2.24) is 9.97 Å². The molecule has 1 spiro atoms. The molecule has 14 rings (SSSR count). The minimum absolute atomic E-state index is 0.537. The summed E-state index contributed by atoms with van der Waals surface area (Å²) in [7, 11) is 0. The van der Waals surface area contributed by atoms with E-state index in [1.54, 1.807) is 0 Å².